The molecular weight excluding hydrogens is 447 g/mol. The van der Waals surface area contributed by atoms with Gasteiger partial charge in [-0.05, 0) is 50.5 Å². The van der Waals surface area contributed by atoms with Gasteiger partial charge in [0, 0.05) is 19.2 Å². The van der Waals surface area contributed by atoms with E-state index in [1.807, 2.05) is 0 Å². The second-order valence-electron chi connectivity index (χ2n) is 7.85. The van der Waals surface area contributed by atoms with Crippen LogP contribution in [0, 0.1) is 5.82 Å². The van der Waals surface area contributed by atoms with Crippen LogP contribution in [0.2, 0.25) is 0 Å². The van der Waals surface area contributed by atoms with Crippen LogP contribution in [0.4, 0.5) is 4.39 Å². The van der Waals surface area contributed by atoms with Crippen molar-refractivity contribution in [2.45, 2.75) is 57.8 Å². The van der Waals surface area contributed by atoms with E-state index in [1.165, 1.54) is 50.6 Å². The molecule has 10 heteroatoms. The van der Waals surface area contributed by atoms with Gasteiger partial charge in [-0.2, -0.15) is 0 Å². The normalized spacial score (nSPS) is 20.7. The van der Waals surface area contributed by atoms with Gasteiger partial charge >= 0.3 is 11.9 Å². The number of halogens is 1. The first kappa shape index (κ1) is 24.9. The molecule has 1 aliphatic rings. The second-order valence-corrected chi connectivity index (χ2v) is 7.85. The summed E-state index contributed by atoms with van der Waals surface area (Å²) in [6, 6.07) is 6.14. The number of benzene rings is 1. The van der Waals surface area contributed by atoms with Gasteiger partial charge in [0.25, 0.3) is 5.91 Å². The van der Waals surface area contributed by atoms with Crippen LogP contribution in [-0.4, -0.2) is 48.2 Å². The Morgan fingerprint density at radius 2 is 1.85 bits per heavy atom. The van der Waals surface area contributed by atoms with E-state index in [0.717, 1.165) is 6.42 Å². The Kier molecular flexibility index (Phi) is 8.39. The first-order valence-electron chi connectivity index (χ1n) is 10.9. The predicted molar refractivity (Wildman–Crippen MR) is 118 cm³/mol. The molecule has 1 saturated heterocycles. The Hall–Kier alpha value is -3.69. The third-order valence-electron chi connectivity index (χ3n) is 5.30. The monoisotopic (exact) mass is 474 g/mol. The number of nitrogens with zero attached hydrogens (tertiary/aromatic N) is 1. The predicted octanol–water partition coefficient (Wildman–Crippen LogP) is 3.21. The zero-order valence-electron chi connectivity index (χ0n) is 19.2. The van der Waals surface area contributed by atoms with Crippen LogP contribution >= 0.6 is 0 Å². The number of ether oxygens (including phenoxy) is 4. The van der Waals surface area contributed by atoms with Crippen LogP contribution in [0.3, 0.4) is 0 Å². The molecule has 1 fully saturated rings. The average molecular weight is 474 g/mol. The van der Waals surface area contributed by atoms with Gasteiger partial charge in [0.05, 0.1) is 7.11 Å². The van der Waals surface area contributed by atoms with Gasteiger partial charge in [-0.3, -0.25) is 9.59 Å². The highest BCUT2D eigenvalue weighted by molar-refractivity contribution is 5.98. The van der Waals surface area contributed by atoms with Crippen LogP contribution < -0.4 is 19.5 Å². The number of amides is 1. The smallest absolute Gasteiger partial charge is 0.329 e. The van der Waals surface area contributed by atoms with Crippen molar-refractivity contribution in [1.82, 2.24) is 10.3 Å². The molecule has 0 bridgehead atoms. The van der Waals surface area contributed by atoms with E-state index in [4.69, 9.17) is 18.9 Å². The Balaban J connectivity index is 1.72. The average Bonchev–Trinajstić information content (AvgIpc) is 2.86. The van der Waals surface area contributed by atoms with Gasteiger partial charge in [-0.25, -0.2) is 14.2 Å². The molecule has 2 aromatic rings. The summed E-state index contributed by atoms with van der Waals surface area (Å²) in [5, 5.41) is 2.63. The van der Waals surface area contributed by atoms with E-state index in [1.54, 1.807) is 6.92 Å². The van der Waals surface area contributed by atoms with Crippen molar-refractivity contribution in [2.75, 3.05) is 7.11 Å². The van der Waals surface area contributed by atoms with Crippen LogP contribution in [0.1, 0.15) is 50.0 Å². The van der Waals surface area contributed by atoms with E-state index < -0.39 is 36.1 Å². The van der Waals surface area contributed by atoms with Crippen LogP contribution in [0.15, 0.2) is 36.5 Å². The third-order valence-corrected chi connectivity index (χ3v) is 5.30. The summed E-state index contributed by atoms with van der Waals surface area (Å²) in [5.74, 6) is -1.85. The highest BCUT2D eigenvalue weighted by atomic mass is 19.1. The first-order chi connectivity index (χ1) is 16.3. The van der Waals surface area contributed by atoms with E-state index in [-0.39, 0.29) is 23.0 Å². The van der Waals surface area contributed by atoms with Gasteiger partial charge in [0.15, 0.2) is 11.4 Å². The molecule has 1 aliphatic heterocycles. The van der Waals surface area contributed by atoms with Crippen molar-refractivity contribution in [3.63, 3.8) is 0 Å². The molecule has 1 amide bonds. The minimum atomic E-state index is -0.933. The molecule has 1 aromatic heterocycles. The highest BCUT2D eigenvalue weighted by Crippen LogP contribution is 2.30. The summed E-state index contributed by atoms with van der Waals surface area (Å²) in [6.45, 7) is 2.90. The summed E-state index contributed by atoms with van der Waals surface area (Å²) >= 11 is 0. The largest absolute Gasteiger partial charge is 0.493 e. The quantitative estimate of drug-likeness (QED) is 0.635. The molecule has 9 nitrogen and oxygen atoms in total. The fraction of sp³-hybridized carbons (Fsp3) is 0.417. The van der Waals surface area contributed by atoms with Crippen molar-refractivity contribution >= 4 is 17.8 Å². The minimum Gasteiger partial charge on any atom is -0.493 e. The van der Waals surface area contributed by atoms with E-state index in [2.05, 4.69) is 10.3 Å². The standard InChI is InChI=1S/C24H27FN2O7/c1-14-19(34-17-10-8-16(25)9-11-17)7-5-4-6-18(24(30)32-14)27-23(29)21-22(33-15(2)28)20(31-3)12-13-26-21/h8-14,18-19H,4-7H2,1-3H3,(H,27,29)/t14-,18-,19+/m0/s1. The van der Waals surface area contributed by atoms with Gasteiger partial charge in [0.2, 0.25) is 5.75 Å². The zero-order chi connectivity index (χ0) is 24.7. The van der Waals surface area contributed by atoms with E-state index in [0.29, 0.717) is 25.0 Å². The molecule has 1 aromatic carbocycles. The Labute approximate surface area is 196 Å². The number of carbonyl (C=O) groups is 3. The molecule has 182 valence electrons. The number of pyridine rings is 1. The van der Waals surface area contributed by atoms with Crippen molar-refractivity contribution in [3.8, 4) is 17.2 Å². The fourth-order valence-electron chi connectivity index (χ4n) is 3.58. The summed E-state index contributed by atoms with van der Waals surface area (Å²) in [7, 11) is 1.37. The molecule has 0 saturated carbocycles. The Bertz CT molecular complexity index is 1030. The number of hydrogen-bond donors (Lipinski definition) is 1. The van der Waals surface area contributed by atoms with Crippen molar-refractivity contribution < 1.29 is 37.7 Å². The molecule has 1 N–H and O–H groups in total. The van der Waals surface area contributed by atoms with Crippen LogP contribution in [0.25, 0.3) is 0 Å². The first-order valence-corrected chi connectivity index (χ1v) is 10.9. The molecule has 3 atom stereocenters. The molecule has 0 aliphatic carbocycles. The number of cyclic esters (lactones) is 1. The maximum absolute atomic E-state index is 13.2. The van der Waals surface area contributed by atoms with Gasteiger partial charge < -0.3 is 24.3 Å². The summed E-state index contributed by atoms with van der Waals surface area (Å²) in [4.78, 5) is 41.3. The SMILES string of the molecule is COc1ccnc(C(=O)N[C@H]2CCCC[C@@H](Oc3ccc(F)cc3)[C@H](C)OC2=O)c1OC(C)=O. The third kappa shape index (κ3) is 6.43. The molecule has 0 radical (unpaired) electrons. The number of rotatable bonds is 6. The van der Waals surface area contributed by atoms with Gasteiger partial charge in [-0.1, -0.05) is 6.42 Å². The number of methoxy groups -OCH3 is 1. The van der Waals surface area contributed by atoms with Crippen molar-refractivity contribution in [1.29, 1.82) is 0 Å². The fourth-order valence-corrected chi connectivity index (χ4v) is 3.58. The van der Waals surface area contributed by atoms with Crippen LogP contribution in [-0.2, 0) is 14.3 Å². The Morgan fingerprint density at radius 3 is 2.53 bits per heavy atom. The van der Waals surface area contributed by atoms with E-state index >= 15 is 0 Å². The number of aromatic nitrogens is 1. The lowest BCUT2D eigenvalue weighted by atomic mass is 10.0. The number of carbonyl (C=O) groups excluding carboxylic acids is 3. The van der Waals surface area contributed by atoms with Crippen molar-refractivity contribution in [3.05, 3.63) is 48.0 Å². The maximum Gasteiger partial charge on any atom is 0.329 e. The summed E-state index contributed by atoms with van der Waals surface area (Å²) in [5.41, 5.74) is -0.187. The minimum absolute atomic E-state index is 0.132. The summed E-state index contributed by atoms with van der Waals surface area (Å²) in [6.07, 6.45) is 2.59. The van der Waals surface area contributed by atoms with Crippen LogP contribution in [0.5, 0.6) is 17.2 Å². The number of esters is 2. The van der Waals surface area contributed by atoms with E-state index in [9.17, 15) is 18.8 Å². The molecular formula is C24H27FN2O7. The lowest BCUT2D eigenvalue weighted by Gasteiger charge is -2.25. The Morgan fingerprint density at radius 1 is 1.15 bits per heavy atom. The maximum atomic E-state index is 13.2. The lowest BCUT2D eigenvalue weighted by Crippen LogP contribution is -2.44. The molecule has 0 spiro atoms. The molecule has 2 heterocycles. The molecule has 3 rings (SSSR count). The lowest BCUT2D eigenvalue weighted by molar-refractivity contribution is -0.154. The summed E-state index contributed by atoms with van der Waals surface area (Å²) < 4.78 is 35.0. The highest BCUT2D eigenvalue weighted by Gasteiger charge is 2.31. The molecule has 34 heavy (non-hydrogen) atoms. The van der Waals surface area contributed by atoms with Gasteiger partial charge in [-0.15, -0.1) is 0 Å². The zero-order valence-corrected chi connectivity index (χ0v) is 19.2. The topological polar surface area (TPSA) is 113 Å². The number of nitrogens with one attached hydrogen (secondary N) is 1. The van der Waals surface area contributed by atoms with Crippen molar-refractivity contribution in [2.24, 2.45) is 0 Å². The molecule has 0 unspecified atom stereocenters. The van der Waals surface area contributed by atoms with Gasteiger partial charge in [0.1, 0.15) is 29.8 Å². The second kappa shape index (κ2) is 11.4. The number of hydrogen-bond acceptors (Lipinski definition) is 8.